The molecule has 114 valence electrons. The first kappa shape index (κ1) is 14.3. The average molecular weight is 289 g/mol. The van der Waals surface area contributed by atoms with E-state index in [1.54, 1.807) is 6.20 Å². The Morgan fingerprint density at radius 1 is 1.29 bits per heavy atom. The second-order valence-corrected chi connectivity index (χ2v) is 5.80. The van der Waals surface area contributed by atoms with Crippen LogP contribution in [0.1, 0.15) is 42.5 Å². The fourth-order valence-corrected chi connectivity index (χ4v) is 2.94. The molecule has 0 radical (unpaired) electrons. The summed E-state index contributed by atoms with van der Waals surface area (Å²) in [6.07, 6.45) is 7.74. The second-order valence-electron chi connectivity index (χ2n) is 5.80. The Hall–Kier alpha value is -1.62. The van der Waals surface area contributed by atoms with Crippen LogP contribution < -0.4 is 10.2 Å². The second kappa shape index (κ2) is 6.89. The fraction of sp³-hybridized carbons (Fsp3) is 0.625. The van der Waals surface area contributed by atoms with Gasteiger partial charge in [-0.15, -0.1) is 0 Å². The van der Waals surface area contributed by atoms with E-state index < -0.39 is 0 Å². The summed E-state index contributed by atoms with van der Waals surface area (Å²) in [7, 11) is 0. The van der Waals surface area contributed by atoms with Gasteiger partial charge < -0.3 is 15.0 Å². The predicted octanol–water partition coefficient (Wildman–Crippen LogP) is 1.98. The summed E-state index contributed by atoms with van der Waals surface area (Å²) in [6, 6.07) is 3.81. The van der Waals surface area contributed by atoms with Crippen molar-refractivity contribution in [3.63, 3.8) is 0 Å². The Morgan fingerprint density at radius 2 is 2.14 bits per heavy atom. The van der Waals surface area contributed by atoms with Crippen LogP contribution in [0.5, 0.6) is 0 Å². The number of nitrogens with one attached hydrogen (secondary N) is 1. The molecule has 2 fully saturated rings. The Morgan fingerprint density at radius 3 is 2.81 bits per heavy atom. The van der Waals surface area contributed by atoms with Crippen molar-refractivity contribution < 1.29 is 9.53 Å². The van der Waals surface area contributed by atoms with Crippen molar-refractivity contribution in [1.82, 2.24) is 10.3 Å². The van der Waals surface area contributed by atoms with Crippen molar-refractivity contribution in [3.05, 3.63) is 23.9 Å². The number of ether oxygens (including phenoxy) is 1. The van der Waals surface area contributed by atoms with Crippen molar-refractivity contribution in [2.75, 3.05) is 31.1 Å². The van der Waals surface area contributed by atoms with Crippen molar-refractivity contribution in [1.29, 1.82) is 0 Å². The lowest BCUT2D eigenvalue weighted by atomic mass is 10.1. The number of pyridine rings is 1. The lowest BCUT2D eigenvalue weighted by Crippen LogP contribution is -2.32. The number of carbonyl (C=O) groups excluding carboxylic acids is 1. The van der Waals surface area contributed by atoms with Crippen LogP contribution in [-0.2, 0) is 4.74 Å². The minimum Gasteiger partial charge on any atom is -0.376 e. The van der Waals surface area contributed by atoms with Crippen molar-refractivity contribution in [3.8, 4) is 0 Å². The van der Waals surface area contributed by atoms with Crippen LogP contribution >= 0.6 is 0 Å². The highest BCUT2D eigenvalue weighted by atomic mass is 16.5. The average Bonchev–Trinajstić information content (AvgIpc) is 3.07. The van der Waals surface area contributed by atoms with Crippen molar-refractivity contribution >= 4 is 11.7 Å². The molecule has 0 saturated carbocycles. The Balaban J connectivity index is 1.54. The van der Waals surface area contributed by atoms with Gasteiger partial charge in [-0.3, -0.25) is 4.79 Å². The summed E-state index contributed by atoms with van der Waals surface area (Å²) in [6.45, 7) is 3.54. The van der Waals surface area contributed by atoms with E-state index in [-0.39, 0.29) is 12.0 Å². The molecule has 5 nitrogen and oxygen atoms in total. The van der Waals surface area contributed by atoms with Gasteiger partial charge in [-0.2, -0.15) is 0 Å². The summed E-state index contributed by atoms with van der Waals surface area (Å²) in [5.41, 5.74) is 0.619. The number of rotatable bonds is 4. The van der Waals surface area contributed by atoms with Gasteiger partial charge in [0.15, 0.2) is 0 Å². The number of anilines is 1. The molecule has 1 atom stereocenters. The molecule has 21 heavy (non-hydrogen) atoms. The maximum atomic E-state index is 12.1. The van der Waals surface area contributed by atoms with Gasteiger partial charge in [0.25, 0.3) is 5.91 Å². The molecule has 0 bridgehead atoms. The zero-order chi connectivity index (χ0) is 14.5. The topological polar surface area (TPSA) is 54.5 Å². The van der Waals surface area contributed by atoms with Crippen LogP contribution in [0.15, 0.2) is 18.3 Å². The molecule has 1 aromatic heterocycles. The lowest BCUT2D eigenvalue weighted by molar-refractivity contribution is 0.0857. The number of piperidine rings is 1. The van der Waals surface area contributed by atoms with E-state index in [0.717, 1.165) is 38.4 Å². The highest BCUT2D eigenvalue weighted by molar-refractivity contribution is 5.94. The minimum atomic E-state index is -0.0665. The summed E-state index contributed by atoms with van der Waals surface area (Å²) in [5.74, 6) is 0.911. The zero-order valence-electron chi connectivity index (χ0n) is 12.4. The molecule has 2 aliphatic heterocycles. The molecular formula is C16H23N3O2. The van der Waals surface area contributed by atoms with Gasteiger partial charge in [0.1, 0.15) is 5.82 Å². The maximum absolute atomic E-state index is 12.1. The van der Waals surface area contributed by atoms with E-state index in [1.807, 2.05) is 12.1 Å². The number of hydrogen-bond donors (Lipinski definition) is 1. The van der Waals surface area contributed by atoms with E-state index in [4.69, 9.17) is 4.74 Å². The van der Waals surface area contributed by atoms with E-state index in [2.05, 4.69) is 15.2 Å². The number of carbonyl (C=O) groups is 1. The van der Waals surface area contributed by atoms with Gasteiger partial charge in [-0.05, 0) is 44.2 Å². The fourth-order valence-electron chi connectivity index (χ4n) is 2.94. The molecule has 0 unspecified atom stereocenters. The standard InChI is InChI=1S/C16H23N3O2/c20-16(18-12-14-5-4-10-21-14)13-6-7-15(17-11-13)19-8-2-1-3-9-19/h6-7,11,14H,1-5,8-10,12H2,(H,18,20)/t14-/m0/s1. The monoisotopic (exact) mass is 289 g/mol. The van der Waals surface area contributed by atoms with Gasteiger partial charge in [-0.25, -0.2) is 4.98 Å². The molecule has 1 N–H and O–H groups in total. The van der Waals surface area contributed by atoms with E-state index in [9.17, 15) is 4.79 Å². The van der Waals surface area contributed by atoms with Crippen LogP contribution in [0.25, 0.3) is 0 Å². The highest BCUT2D eigenvalue weighted by Crippen LogP contribution is 2.17. The maximum Gasteiger partial charge on any atom is 0.252 e. The van der Waals surface area contributed by atoms with Crippen molar-refractivity contribution in [2.24, 2.45) is 0 Å². The normalized spacial score (nSPS) is 22.3. The van der Waals surface area contributed by atoms with E-state index in [1.165, 1.54) is 19.3 Å². The smallest absolute Gasteiger partial charge is 0.252 e. The van der Waals surface area contributed by atoms with Crippen LogP contribution in [0.3, 0.4) is 0 Å². The molecule has 0 aromatic carbocycles. The quantitative estimate of drug-likeness (QED) is 0.921. The van der Waals surface area contributed by atoms with Gasteiger partial charge in [0.2, 0.25) is 0 Å². The summed E-state index contributed by atoms with van der Waals surface area (Å²) in [4.78, 5) is 18.8. The number of nitrogens with zero attached hydrogens (tertiary/aromatic N) is 2. The molecule has 2 saturated heterocycles. The van der Waals surface area contributed by atoms with Gasteiger partial charge >= 0.3 is 0 Å². The predicted molar refractivity (Wildman–Crippen MR) is 81.6 cm³/mol. The summed E-state index contributed by atoms with van der Waals surface area (Å²) >= 11 is 0. The number of aromatic nitrogens is 1. The summed E-state index contributed by atoms with van der Waals surface area (Å²) < 4.78 is 5.50. The van der Waals surface area contributed by atoms with Crippen LogP contribution in [0.2, 0.25) is 0 Å². The molecule has 1 amide bonds. The number of amides is 1. The Kier molecular flexibility index (Phi) is 4.70. The van der Waals surface area contributed by atoms with Crippen LogP contribution in [0, 0.1) is 0 Å². The van der Waals surface area contributed by atoms with Crippen LogP contribution in [-0.4, -0.2) is 43.2 Å². The third-order valence-electron chi connectivity index (χ3n) is 4.20. The van der Waals surface area contributed by atoms with Crippen LogP contribution in [0.4, 0.5) is 5.82 Å². The highest BCUT2D eigenvalue weighted by Gasteiger charge is 2.17. The van der Waals surface area contributed by atoms with E-state index >= 15 is 0 Å². The Labute approximate surface area is 125 Å². The minimum absolute atomic E-state index is 0.0665. The SMILES string of the molecule is O=C(NC[C@@H]1CCCO1)c1ccc(N2CCCCC2)nc1. The molecule has 5 heteroatoms. The zero-order valence-corrected chi connectivity index (χ0v) is 12.4. The molecule has 3 rings (SSSR count). The summed E-state index contributed by atoms with van der Waals surface area (Å²) in [5, 5.41) is 2.92. The first-order chi connectivity index (χ1) is 10.3. The molecule has 1 aromatic rings. The van der Waals surface area contributed by atoms with Gasteiger partial charge in [0.05, 0.1) is 11.7 Å². The third kappa shape index (κ3) is 3.73. The van der Waals surface area contributed by atoms with Gasteiger partial charge in [-0.1, -0.05) is 0 Å². The van der Waals surface area contributed by atoms with Gasteiger partial charge in [0, 0.05) is 32.4 Å². The first-order valence-electron chi connectivity index (χ1n) is 7.94. The lowest BCUT2D eigenvalue weighted by Gasteiger charge is -2.27. The first-order valence-corrected chi connectivity index (χ1v) is 7.94. The molecule has 2 aliphatic rings. The molecular weight excluding hydrogens is 266 g/mol. The molecule has 0 aliphatic carbocycles. The largest absolute Gasteiger partial charge is 0.376 e. The molecule has 3 heterocycles. The van der Waals surface area contributed by atoms with E-state index in [0.29, 0.717) is 12.1 Å². The third-order valence-corrected chi connectivity index (χ3v) is 4.20. The van der Waals surface area contributed by atoms with Crippen molar-refractivity contribution in [2.45, 2.75) is 38.2 Å². The molecule has 0 spiro atoms. The number of hydrogen-bond acceptors (Lipinski definition) is 4. The Bertz CT molecular complexity index is 463.